The van der Waals surface area contributed by atoms with E-state index in [2.05, 4.69) is 4.74 Å². The Bertz CT molecular complexity index is 152. The first-order valence-corrected chi connectivity index (χ1v) is 3.60. The van der Waals surface area contributed by atoms with Gasteiger partial charge in [0.25, 0.3) is 0 Å². The molecule has 1 aliphatic heterocycles. The Labute approximate surface area is 65.7 Å². The lowest BCUT2D eigenvalue weighted by Gasteiger charge is -2.19. The van der Waals surface area contributed by atoms with Crippen LogP contribution in [0.25, 0.3) is 0 Å². The van der Waals surface area contributed by atoms with E-state index in [4.69, 9.17) is 10.5 Å². The summed E-state index contributed by atoms with van der Waals surface area (Å²) in [7, 11) is 1.36. The topological polar surface area (TPSA) is 61.5 Å². The molecule has 64 valence electrons. The van der Waals surface area contributed by atoms with Crippen molar-refractivity contribution in [3.8, 4) is 0 Å². The number of nitrogens with two attached hydrogens (primary N) is 1. The van der Waals surface area contributed by atoms with Crippen molar-refractivity contribution in [2.45, 2.75) is 18.4 Å². The highest BCUT2D eigenvalue weighted by Crippen LogP contribution is 2.19. The lowest BCUT2D eigenvalue weighted by atomic mass is 9.96. The van der Waals surface area contributed by atoms with Crippen LogP contribution in [0.15, 0.2) is 0 Å². The average Bonchev–Trinajstić information content (AvgIpc) is 2.36. The molecule has 0 amide bonds. The fourth-order valence-corrected chi connectivity index (χ4v) is 1.12. The van der Waals surface area contributed by atoms with Crippen molar-refractivity contribution in [2.75, 3.05) is 20.3 Å². The first-order chi connectivity index (χ1) is 5.16. The standard InChI is InChI=1S/C7H13NO3/c1-10-6(9)4-7(8)2-3-11-5-7/h2-5,8H2,1H3. The van der Waals surface area contributed by atoms with Gasteiger partial charge in [0.05, 0.1) is 25.7 Å². The van der Waals surface area contributed by atoms with Crippen LogP contribution in [-0.4, -0.2) is 31.8 Å². The van der Waals surface area contributed by atoms with Crippen molar-refractivity contribution < 1.29 is 14.3 Å². The zero-order valence-electron chi connectivity index (χ0n) is 6.63. The van der Waals surface area contributed by atoms with Gasteiger partial charge in [-0.25, -0.2) is 0 Å². The minimum atomic E-state index is -0.479. The van der Waals surface area contributed by atoms with E-state index < -0.39 is 5.54 Å². The van der Waals surface area contributed by atoms with E-state index >= 15 is 0 Å². The molecule has 0 aromatic carbocycles. The summed E-state index contributed by atoms with van der Waals surface area (Å²) in [5.41, 5.74) is 5.33. The predicted octanol–water partition coefficient (Wildman–Crippen LogP) is -0.333. The first-order valence-electron chi connectivity index (χ1n) is 3.60. The third-order valence-corrected chi connectivity index (χ3v) is 1.86. The van der Waals surface area contributed by atoms with Crippen LogP contribution < -0.4 is 5.73 Å². The fraction of sp³-hybridized carbons (Fsp3) is 0.857. The third kappa shape index (κ3) is 2.17. The summed E-state index contributed by atoms with van der Waals surface area (Å²) in [4.78, 5) is 10.8. The van der Waals surface area contributed by atoms with Gasteiger partial charge in [-0.2, -0.15) is 0 Å². The molecule has 1 unspecified atom stereocenters. The molecule has 1 aliphatic rings. The van der Waals surface area contributed by atoms with Crippen molar-refractivity contribution in [1.29, 1.82) is 0 Å². The van der Waals surface area contributed by atoms with E-state index in [0.717, 1.165) is 6.42 Å². The molecule has 1 heterocycles. The predicted molar refractivity (Wildman–Crippen MR) is 39.0 cm³/mol. The van der Waals surface area contributed by atoms with E-state index in [-0.39, 0.29) is 12.4 Å². The molecule has 0 radical (unpaired) electrons. The van der Waals surface area contributed by atoms with Gasteiger partial charge in [-0.1, -0.05) is 0 Å². The number of methoxy groups -OCH3 is 1. The number of rotatable bonds is 2. The summed E-state index contributed by atoms with van der Waals surface area (Å²) in [6.07, 6.45) is 0.992. The maximum absolute atomic E-state index is 10.8. The van der Waals surface area contributed by atoms with Crippen molar-refractivity contribution in [2.24, 2.45) is 5.73 Å². The van der Waals surface area contributed by atoms with Crippen LogP contribution in [-0.2, 0) is 14.3 Å². The molecule has 0 aromatic heterocycles. The van der Waals surface area contributed by atoms with Gasteiger partial charge in [-0.3, -0.25) is 4.79 Å². The fourth-order valence-electron chi connectivity index (χ4n) is 1.12. The van der Waals surface area contributed by atoms with Crippen LogP contribution in [0.3, 0.4) is 0 Å². The van der Waals surface area contributed by atoms with Crippen LogP contribution in [0.2, 0.25) is 0 Å². The quantitative estimate of drug-likeness (QED) is 0.560. The van der Waals surface area contributed by atoms with E-state index in [0.29, 0.717) is 13.2 Å². The summed E-state index contributed by atoms with van der Waals surface area (Å²) in [6, 6.07) is 0. The second-order valence-electron chi connectivity index (χ2n) is 2.92. The molecule has 4 heteroatoms. The molecule has 0 aromatic rings. The summed E-state index contributed by atoms with van der Waals surface area (Å²) in [5, 5.41) is 0. The SMILES string of the molecule is COC(=O)CC1(N)CCOC1. The van der Waals surface area contributed by atoms with E-state index in [9.17, 15) is 4.79 Å². The number of esters is 1. The largest absolute Gasteiger partial charge is 0.469 e. The number of ether oxygens (including phenoxy) is 2. The lowest BCUT2D eigenvalue weighted by molar-refractivity contribution is -0.142. The minimum absolute atomic E-state index is 0.253. The molecule has 11 heavy (non-hydrogen) atoms. The highest BCUT2D eigenvalue weighted by atomic mass is 16.5. The van der Waals surface area contributed by atoms with Crippen molar-refractivity contribution in [3.63, 3.8) is 0 Å². The van der Waals surface area contributed by atoms with Crippen molar-refractivity contribution >= 4 is 5.97 Å². The van der Waals surface area contributed by atoms with Crippen molar-refractivity contribution in [1.82, 2.24) is 0 Å². The monoisotopic (exact) mass is 159 g/mol. The maximum Gasteiger partial charge on any atom is 0.307 e. The third-order valence-electron chi connectivity index (χ3n) is 1.86. The van der Waals surface area contributed by atoms with Gasteiger partial charge < -0.3 is 15.2 Å². The smallest absolute Gasteiger partial charge is 0.307 e. The summed E-state index contributed by atoms with van der Waals surface area (Å²) < 4.78 is 9.58. The molecule has 0 bridgehead atoms. The molecule has 0 spiro atoms. The molecule has 2 N–H and O–H groups in total. The van der Waals surface area contributed by atoms with Gasteiger partial charge in [-0.15, -0.1) is 0 Å². The first kappa shape index (κ1) is 8.49. The molecule has 0 saturated carbocycles. The Hall–Kier alpha value is -0.610. The van der Waals surface area contributed by atoms with Gasteiger partial charge in [-0.05, 0) is 6.42 Å². The van der Waals surface area contributed by atoms with E-state index in [1.165, 1.54) is 7.11 Å². The second-order valence-corrected chi connectivity index (χ2v) is 2.92. The molecule has 1 rings (SSSR count). The average molecular weight is 159 g/mol. The number of carbonyl (C=O) groups is 1. The van der Waals surface area contributed by atoms with Gasteiger partial charge in [0.2, 0.25) is 0 Å². The number of hydrogen-bond acceptors (Lipinski definition) is 4. The normalized spacial score (nSPS) is 30.4. The zero-order valence-corrected chi connectivity index (χ0v) is 6.63. The van der Waals surface area contributed by atoms with Gasteiger partial charge >= 0.3 is 5.97 Å². The molecule has 0 aliphatic carbocycles. The Morgan fingerprint density at radius 3 is 3.00 bits per heavy atom. The minimum Gasteiger partial charge on any atom is -0.469 e. The Morgan fingerprint density at radius 2 is 2.55 bits per heavy atom. The van der Waals surface area contributed by atoms with Gasteiger partial charge in [0.1, 0.15) is 0 Å². The molecule has 1 saturated heterocycles. The molecule has 4 nitrogen and oxygen atoms in total. The summed E-state index contributed by atoms with van der Waals surface area (Å²) >= 11 is 0. The highest BCUT2D eigenvalue weighted by molar-refractivity contribution is 5.70. The van der Waals surface area contributed by atoms with E-state index in [1.807, 2.05) is 0 Å². The van der Waals surface area contributed by atoms with Crippen LogP contribution in [0.4, 0.5) is 0 Å². The second kappa shape index (κ2) is 3.19. The number of carbonyl (C=O) groups excluding carboxylic acids is 1. The molecular weight excluding hydrogens is 146 g/mol. The Balaban J connectivity index is 2.39. The Morgan fingerprint density at radius 1 is 1.82 bits per heavy atom. The summed E-state index contributed by atoms with van der Waals surface area (Å²) in [5.74, 6) is -0.266. The zero-order chi connectivity index (χ0) is 8.32. The molecule has 1 fully saturated rings. The Kier molecular flexibility index (Phi) is 2.46. The van der Waals surface area contributed by atoms with E-state index in [1.54, 1.807) is 0 Å². The van der Waals surface area contributed by atoms with Crippen LogP contribution in [0.1, 0.15) is 12.8 Å². The number of hydrogen-bond donors (Lipinski definition) is 1. The van der Waals surface area contributed by atoms with Gasteiger partial charge in [0, 0.05) is 6.61 Å². The molecular formula is C7H13NO3. The highest BCUT2D eigenvalue weighted by Gasteiger charge is 2.33. The van der Waals surface area contributed by atoms with Crippen LogP contribution in [0.5, 0.6) is 0 Å². The lowest BCUT2D eigenvalue weighted by Crippen LogP contribution is -2.42. The van der Waals surface area contributed by atoms with Crippen LogP contribution in [0, 0.1) is 0 Å². The van der Waals surface area contributed by atoms with Gasteiger partial charge in [0.15, 0.2) is 0 Å². The van der Waals surface area contributed by atoms with Crippen molar-refractivity contribution in [3.05, 3.63) is 0 Å². The van der Waals surface area contributed by atoms with Crippen LogP contribution >= 0.6 is 0 Å². The summed E-state index contributed by atoms with van der Waals surface area (Å²) in [6.45, 7) is 1.11. The molecule has 1 atom stereocenters. The maximum atomic E-state index is 10.8.